The van der Waals surface area contributed by atoms with Crippen LogP contribution in [0.4, 0.5) is 13.2 Å². The normalized spacial score (nSPS) is 11.8. The van der Waals surface area contributed by atoms with Crippen LogP contribution in [0.1, 0.15) is 11.4 Å². The molecule has 0 spiro atoms. The van der Waals surface area contributed by atoms with Gasteiger partial charge in [0, 0.05) is 18.9 Å². The monoisotopic (exact) mass is 242 g/mol. The van der Waals surface area contributed by atoms with Gasteiger partial charge >= 0.3 is 6.18 Å². The van der Waals surface area contributed by atoms with E-state index in [-0.39, 0.29) is 6.54 Å². The van der Waals surface area contributed by atoms with E-state index in [1.165, 1.54) is 12.4 Å². The second-order valence-electron chi connectivity index (χ2n) is 3.35. The van der Waals surface area contributed by atoms with Gasteiger partial charge in [-0.25, -0.2) is 4.68 Å². The molecule has 90 valence electrons. The van der Waals surface area contributed by atoms with Crippen LogP contribution in [0.3, 0.4) is 0 Å². The van der Waals surface area contributed by atoms with Crippen LogP contribution < -0.4 is 5.73 Å². The molecule has 0 saturated heterocycles. The highest BCUT2D eigenvalue weighted by molar-refractivity contribution is 5.31. The van der Waals surface area contributed by atoms with Crippen LogP contribution in [0.25, 0.3) is 5.69 Å². The maximum Gasteiger partial charge on any atom is 0.435 e. The van der Waals surface area contributed by atoms with Gasteiger partial charge in [-0.15, -0.1) is 0 Å². The van der Waals surface area contributed by atoms with Crippen molar-refractivity contribution >= 4 is 0 Å². The molecule has 0 aromatic carbocycles. The van der Waals surface area contributed by atoms with Crippen molar-refractivity contribution in [3.8, 4) is 5.69 Å². The maximum atomic E-state index is 12.4. The van der Waals surface area contributed by atoms with Crippen molar-refractivity contribution in [1.82, 2.24) is 14.8 Å². The molecule has 2 heterocycles. The minimum Gasteiger partial charge on any atom is -0.325 e. The second-order valence-corrected chi connectivity index (χ2v) is 3.35. The first-order chi connectivity index (χ1) is 8.00. The molecule has 2 aromatic rings. The largest absolute Gasteiger partial charge is 0.435 e. The number of pyridine rings is 1. The third kappa shape index (κ3) is 2.44. The predicted molar refractivity (Wildman–Crippen MR) is 54.3 cm³/mol. The van der Waals surface area contributed by atoms with Gasteiger partial charge in [0.15, 0.2) is 5.69 Å². The molecule has 0 aliphatic carbocycles. The zero-order valence-corrected chi connectivity index (χ0v) is 8.65. The lowest BCUT2D eigenvalue weighted by Gasteiger charge is -2.04. The summed E-state index contributed by atoms with van der Waals surface area (Å²) in [6, 6.07) is 4.07. The molecule has 0 atom stereocenters. The summed E-state index contributed by atoms with van der Waals surface area (Å²) in [7, 11) is 0. The number of nitrogens with two attached hydrogens (primary N) is 1. The molecule has 0 unspecified atom stereocenters. The Morgan fingerprint density at radius 1 is 1.29 bits per heavy atom. The van der Waals surface area contributed by atoms with Gasteiger partial charge in [-0.3, -0.25) is 4.98 Å². The summed E-state index contributed by atoms with van der Waals surface area (Å²) in [6.45, 7) is 0.223. The lowest BCUT2D eigenvalue weighted by Crippen LogP contribution is -2.07. The standard InChI is InChI=1S/C10H9F3N4/c11-10(12,13)9-2-4-17(16-9)8-1-3-15-7(5-8)6-14/h1-5H,6,14H2. The van der Waals surface area contributed by atoms with E-state index in [0.717, 1.165) is 10.7 Å². The SMILES string of the molecule is NCc1cc(-n2ccc(C(F)(F)F)n2)ccn1. The molecule has 2 rings (SSSR count). The van der Waals surface area contributed by atoms with Crippen molar-refractivity contribution in [1.29, 1.82) is 0 Å². The summed E-state index contributed by atoms with van der Waals surface area (Å²) in [4.78, 5) is 3.95. The Bertz CT molecular complexity index is 518. The van der Waals surface area contributed by atoms with Crippen LogP contribution in [0.15, 0.2) is 30.6 Å². The van der Waals surface area contributed by atoms with E-state index >= 15 is 0 Å². The summed E-state index contributed by atoms with van der Waals surface area (Å²) >= 11 is 0. The quantitative estimate of drug-likeness (QED) is 0.872. The molecule has 2 aromatic heterocycles. The van der Waals surface area contributed by atoms with E-state index < -0.39 is 11.9 Å². The molecule has 0 bridgehead atoms. The zero-order chi connectivity index (χ0) is 12.5. The van der Waals surface area contributed by atoms with Crippen molar-refractivity contribution < 1.29 is 13.2 Å². The highest BCUT2D eigenvalue weighted by atomic mass is 19.4. The lowest BCUT2D eigenvalue weighted by molar-refractivity contribution is -0.141. The third-order valence-electron chi connectivity index (χ3n) is 2.15. The van der Waals surface area contributed by atoms with Crippen molar-refractivity contribution in [3.63, 3.8) is 0 Å². The fourth-order valence-corrected chi connectivity index (χ4v) is 1.34. The van der Waals surface area contributed by atoms with Crippen molar-refractivity contribution in [2.75, 3.05) is 0 Å². The second kappa shape index (κ2) is 4.17. The molecule has 2 N–H and O–H groups in total. The molecule has 0 aliphatic heterocycles. The number of halogens is 3. The van der Waals surface area contributed by atoms with Gasteiger partial charge in [-0.2, -0.15) is 18.3 Å². The van der Waals surface area contributed by atoms with Gasteiger partial charge in [0.2, 0.25) is 0 Å². The van der Waals surface area contributed by atoms with Crippen LogP contribution in [0.5, 0.6) is 0 Å². The van der Waals surface area contributed by atoms with Crippen LogP contribution in [0.2, 0.25) is 0 Å². The van der Waals surface area contributed by atoms with E-state index in [1.54, 1.807) is 12.1 Å². The minimum absolute atomic E-state index is 0.223. The Kier molecular flexibility index (Phi) is 2.84. The summed E-state index contributed by atoms with van der Waals surface area (Å²) in [5.41, 5.74) is 5.56. The van der Waals surface area contributed by atoms with E-state index in [2.05, 4.69) is 10.1 Å². The summed E-state index contributed by atoms with van der Waals surface area (Å²) in [5, 5.41) is 3.45. The number of rotatable bonds is 2. The van der Waals surface area contributed by atoms with Gasteiger partial charge in [0.05, 0.1) is 11.4 Å². The predicted octanol–water partition coefficient (Wildman–Crippen LogP) is 1.74. The molecule has 0 radical (unpaired) electrons. The first-order valence-corrected chi connectivity index (χ1v) is 4.79. The molecule has 0 aliphatic rings. The molecule has 7 heteroatoms. The van der Waals surface area contributed by atoms with Crippen LogP contribution in [-0.4, -0.2) is 14.8 Å². The smallest absolute Gasteiger partial charge is 0.325 e. The van der Waals surface area contributed by atoms with Gasteiger partial charge in [-0.05, 0) is 18.2 Å². The average molecular weight is 242 g/mol. The van der Waals surface area contributed by atoms with Crippen molar-refractivity contribution in [2.45, 2.75) is 12.7 Å². The first kappa shape index (κ1) is 11.6. The molecular formula is C10H9F3N4. The van der Waals surface area contributed by atoms with E-state index in [4.69, 9.17) is 5.73 Å². The Morgan fingerprint density at radius 2 is 2.06 bits per heavy atom. The Labute approximate surface area is 94.9 Å². The Hall–Kier alpha value is -1.89. The number of aromatic nitrogens is 3. The third-order valence-corrected chi connectivity index (χ3v) is 2.15. The maximum absolute atomic E-state index is 12.4. The molecular weight excluding hydrogens is 233 g/mol. The van der Waals surface area contributed by atoms with Gasteiger partial charge in [0.25, 0.3) is 0 Å². The van der Waals surface area contributed by atoms with E-state index in [1.807, 2.05) is 0 Å². The highest BCUT2D eigenvalue weighted by Gasteiger charge is 2.33. The van der Waals surface area contributed by atoms with Crippen molar-refractivity contribution in [2.24, 2.45) is 5.73 Å². The molecule has 4 nitrogen and oxygen atoms in total. The molecule has 0 fully saturated rings. The van der Waals surface area contributed by atoms with Crippen LogP contribution in [-0.2, 0) is 12.7 Å². The Morgan fingerprint density at radius 3 is 2.65 bits per heavy atom. The summed E-state index contributed by atoms with van der Waals surface area (Å²) < 4.78 is 38.2. The van der Waals surface area contributed by atoms with Crippen LogP contribution >= 0.6 is 0 Å². The number of hydrogen-bond acceptors (Lipinski definition) is 3. The number of hydrogen-bond donors (Lipinski definition) is 1. The van der Waals surface area contributed by atoms with Gasteiger partial charge in [-0.1, -0.05) is 0 Å². The Balaban J connectivity index is 2.37. The minimum atomic E-state index is -4.44. The average Bonchev–Trinajstić information content (AvgIpc) is 2.78. The van der Waals surface area contributed by atoms with Crippen molar-refractivity contribution in [3.05, 3.63) is 42.0 Å². The summed E-state index contributed by atoms with van der Waals surface area (Å²) in [5.74, 6) is 0. The fraction of sp³-hybridized carbons (Fsp3) is 0.200. The zero-order valence-electron chi connectivity index (χ0n) is 8.65. The highest BCUT2D eigenvalue weighted by Crippen LogP contribution is 2.27. The molecule has 17 heavy (non-hydrogen) atoms. The lowest BCUT2D eigenvalue weighted by atomic mass is 10.3. The van der Waals surface area contributed by atoms with E-state index in [0.29, 0.717) is 11.4 Å². The van der Waals surface area contributed by atoms with E-state index in [9.17, 15) is 13.2 Å². The number of nitrogens with zero attached hydrogens (tertiary/aromatic N) is 3. The molecule has 0 amide bonds. The van der Waals surface area contributed by atoms with Gasteiger partial charge < -0.3 is 5.73 Å². The first-order valence-electron chi connectivity index (χ1n) is 4.79. The van der Waals surface area contributed by atoms with Crippen LogP contribution in [0, 0.1) is 0 Å². The number of alkyl halides is 3. The molecule has 0 saturated carbocycles. The van der Waals surface area contributed by atoms with Gasteiger partial charge in [0.1, 0.15) is 0 Å². The summed E-state index contributed by atoms with van der Waals surface area (Å²) in [6.07, 6.45) is -1.71. The fourth-order valence-electron chi connectivity index (χ4n) is 1.34. The topological polar surface area (TPSA) is 56.7 Å².